The van der Waals surface area contributed by atoms with Crippen molar-refractivity contribution in [3.63, 3.8) is 0 Å². The summed E-state index contributed by atoms with van der Waals surface area (Å²) in [6, 6.07) is 16.3. The van der Waals surface area contributed by atoms with E-state index in [2.05, 4.69) is 40.7 Å². The summed E-state index contributed by atoms with van der Waals surface area (Å²) in [4.78, 5) is 18.2. The molecule has 3 rings (SSSR count). The van der Waals surface area contributed by atoms with Crippen LogP contribution in [0.1, 0.15) is 42.9 Å². The minimum atomic E-state index is -0.0370. The van der Waals surface area contributed by atoms with Gasteiger partial charge in [-0.1, -0.05) is 37.3 Å². The number of nitrogens with zero attached hydrogens (tertiary/aromatic N) is 2. The molecule has 1 amide bonds. The van der Waals surface area contributed by atoms with Crippen LogP contribution in [0.5, 0.6) is 11.5 Å². The van der Waals surface area contributed by atoms with Crippen LogP contribution in [0.3, 0.4) is 0 Å². The molecule has 0 saturated heterocycles. The summed E-state index contributed by atoms with van der Waals surface area (Å²) in [5.74, 6) is 2.74. The lowest BCUT2D eigenvalue weighted by molar-refractivity contribution is -0.127. The molecule has 0 aliphatic carbocycles. The van der Waals surface area contributed by atoms with Gasteiger partial charge in [-0.25, -0.2) is 4.99 Å². The molecule has 0 aromatic heterocycles. The lowest BCUT2D eigenvalue weighted by atomic mass is 9.98. The Morgan fingerprint density at radius 2 is 1.97 bits per heavy atom. The van der Waals surface area contributed by atoms with E-state index < -0.39 is 0 Å². The second-order valence-electron chi connectivity index (χ2n) is 8.21. The minimum absolute atomic E-state index is 0.0370. The first-order valence-corrected chi connectivity index (χ1v) is 11.1. The third-order valence-electron chi connectivity index (χ3n) is 5.70. The summed E-state index contributed by atoms with van der Waals surface area (Å²) < 4.78 is 11.0. The van der Waals surface area contributed by atoms with Gasteiger partial charge in [0.2, 0.25) is 5.91 Å². The van der Waals surface area contributed by atoms with Crippen molar-refractivity contribution in [2.75, 3.05) is 40.9 Å². The molecule has 32 heavy (non-hydrogen) atoms. The Labute approximate surface area is 190 Å². The molecule has 0 fully saturated rings. The zero-order valence-corrected chi connectivity index (χ0v) is 19.4. The highest BCUT2D eigenvalue weighted by Gasteiger charge is 2.22. The van der Waals surface area contributed by atoms with Crippen molar-refractivity contribution in [3.05, 3.63) is 59.7 Å². The fourth-order valence-corrected chi connectivity index (χ4v) is 3.60. The van der Waals surface area contributed by atoms with Crippen molar-refractivity contribution in [1.29, 1.82) is 0 Å². The van der Waals surface area contributed by atoms with Crippen molar-refractivity contribution >= 4 is 11.9 Å². The van der Waals surface area contributed by atoms with Gasteiger partial charge in [-0.05, 0) is 36.1 Å². The van der Waals surface area contributed by atoms with E-state index in [1.54, 1.807) is 26.1 Å². The van der Waals surface area contributed by atoms with Gasteiger partial charge in [0, 0.05) is 32.6 Å². The average molecular weight is 439 g/mol. The fraction of sp³-hybridized carbons (Fsp3) is 0.440. The van der Waals surface area contributed by atoms with Crippen LogP contribution >= 0.6 is 0 Å². The number of rotatable bonds is 8. The van der Waals surface area contributed by atoms with Crippen LogP contribution in [0.25, 0.3) is 0 Å². The van der Waals surface area contributed by atoms with E-state index >= 15 is 0 Å². The number of amides is 1. The van der Waals surface area contributed by atoms with E-state index in [1.165, 1.54) is 5.56 Å². The molecule has 7 nitrogen and oxygen atoms in total. The monoisotopic (exact) mass is 438 g/mol. The molecule has 0 radical (unpaired) electrons. The van der Waals surface area contributed by atoms with Crippen molar-refractivity contribution in [2.45, 2.75) is 31.7 Å². The smallest absolute Gasteiger partial charge is 0.243 e. The van der Waals surface area contributed by atoms with Gasteiger partial charge in [0.25, 0.3) is 0 Å². The molecule has 2 atom stereocenters. The maximum Gasteiger partial charge on any atom is 0.243 e. The number of para-hydroxylation sites is 1. The van der Waals surface area contributed by atoms with E-state index in [9.17, 15) is 4.79 Å². The van der Waals surface area contributed by atoms with Crippen LogP contribution in [0.2, 0.25) is 0 Å². The number of hydrogen-bond acceptors (Lipinski definition) is 4. The molecule has 1 aliphatic rings. The largest absolute Gasteiger partial charge is 0.497 e. The predicted molar refractivity (Wildman–Crippen MR) is 127 cm³/mol. The van der Waals surface area contributed by atoms with Crippen LogP contribution < -0.4 is 20.1 Å². The Kier molecular flexibility index (Phi) is 8.36. The van der Waals surface area contributed by atoms with Crippen LogP contribution in [-0.4, -0.2) is 57.7 Å². The van der Waals surface area contributed by atoms with Gasteiger partial charge in [0.1, 0.15) is 18.0 Å². The number of hydrogen-bond donors (Lipinski definition) is 2. The zero-order chi connectivity index (χ0) is 22.9. The Bertz CT molecular complexity index is 912. The molecule has 0 saturated carbocycles. The molecule has 1 heterocycles. The first-order chi connectivity index (χ1) is 15.5. The highest BCUT2D eigenvalue weighted by Crippen LogP contribution is 2.31. The Morgan fingerprint density at radius 3 is 2.69 bits per heavy atom. The van der Waals surface area contributed by atoms with Crippen molar-refractivity contribution in [3.8, 4) is 11.5 Å². The van der Waals surface area contributed by atoms with Gasteiger partial charge < -0.3 is 25.0 Å². The SMILES string of the molecule is COc1ccc(C(C)CCNC(=NCC(=O)N(C)C)NC2CCOc3ccccc32)cc1. The fourth-order valence-electron chi connectivity index (χ4n) is 3.60. The average Bonchev–Trinajstić information content (AvgIpc) is 2.82. The van der Waals surface area contributed by atoms with Gasteiger partial charge in [0.05, 0.1) is 19.8 Å². The first kappa shape index (κ1) is 23.4. The molecule has 2 unspecified atom stereocenters. The molecule has 172 valence electrons. The van der Waals surface area contributed by atoms with Gasteiger partial charge in [-0.15, -0.1) is 0 Å². The number of carbonyl (C=O) groups is 1. The number of guanidine groups is 1. The maximum atomic E-state index is 12.1. The predicted octanol–water partition coefficient (Wildman–Crippen LogP) is 3.34. The highest BCUT2D eigenvalue weighted by molar-refractivity contribution is 5.85. The Morgan fingerprint density at radius 1 is 1.22 bits per heavy atom. The van der Waals surface area contributed by atoms with E-state index in [0.717, 1.165) is 36.4 Å². The third-order valence-corrected chi connectivity index (χ3v) is 5.70. The number of likely N-dealkylation sites (N-methyl/N-ethyl adjacent to an activating group) is 1. The summed E-state index contributed by atoms with van der Waals surface area (Å²) in [6.45, 7) is 3.69. The van der Waals surface area contributed by atoms with Crippen LogP contribution in [0, 0.1) is 0 Å². The summed E-state index contributed by atoms with van der Waals surface area (Å²) in [6.07, 6.45) is 1.76. The van der Waals surface area contributed by atoms with E-state index in [1.807, 2.05) is 30.3 Å². The van der Waals surface area contributed by atoms with Crippen molar-refractivity contribution < 1.29 is 14.3 Å². The summed E-state index contributed by atoms with van der Waals surface area (Å²) in [5.41, 5.74) is 2.37. The molecule has 2 N–H and O–H groups in total. The molecule has 1 aliphatic heterocycles. The summed E-state index contributed by atoms with van der Waals surface area (Å²) in [5, 5.41) is 6.92. The number of benzene rings is 2. The van der Waals surface area contributed by atoms with E-state index in [0.29, 0.717) is 18.5 Å². The molecule has 2 aromatic rings. The number of aliphatic imine (C=N–C) groups is 1. The first-order valence-electron chi connectivity index (χ1n) is 11.1. The molecule has 7 heteroatoms. The second kappa shape index (κ2) is 11.4. The van der Waals surface area contributed by atoms with Gasteiger partial charge in [-0.3, -0.25) is 4.79 Å². The second-order valence-corrected chi connectivity index (χ2v) is 8.21. The van der Waals surface area contributed by atoms with Crippen LogP contribution in [0.15, 0.2) is 53.5 Å². The summed E-state index contributed by atoms with van der Waals surface area (Å²) in [7, 11) is 5.15. The maximum absolute atomic E-state index is 12.1. The topological polar surface area (TPSA) is 75.2 Å². The number of carbonyl (C=O) groups excluding carboxylic acids is 1. The molecular weight excluding hydrogens is 404 g/mol. The molecule has 0 bridgehead atoms. The molecule has 2 aromatic carbocycles. The summed E-state index contributed by atoms with van der Waals surface area (Å²) >= 11 is 0. The molecule has 0 spiro atoms. The minimum Gasteiger partial charge on any atom is -0.497 e. The van der Waals surface area contributed by atoms with Gasteiger partial charge in [0.15, 0.2) is 5.96 Å². The quantitative estimate of drug-likeness (QED) is 0.488. The van der Waals surface area contributed by atoms with E-state index in [4.69, 9.17) is 9.47 Å². The van der Waals surface area contributed by atoms with Gasteiger partial charge >= 0.3 is 0 Å². The Balaban J connectivity index is 1.64. The normalized spacial score (nSPS) is 16.4. The van der Waals surface area contributed by atoms with E-state index in [-0.39, 0.29) is 18.5 Å². The van der Waals surface area contributed by atoms with Crippen LogP contribution in [-0.2, 0) is 4.79 Å². The number of methoxy groups -OCH3 is 1. The number of ether oxygens (including phenoxy) is 2. The third kappa shape index (κ3) is 6.39. The van der Waals surface area contributed by atoms with Crippen molar-refractivity contribution in [1.82, 2.24) is 15.5 Å². The zero-order valence-electron chi connectivity index (χ0n) is 19.4. The standard InChI is InChI=1S/C25H34N4O3/c1-18(19-9-11-20(31-4)12-10-19)13-15-26-25(27-17-24(30)29(2)3)28-22-14-16-32-23-8-6-5-7-21(22)23/h5-12,18,22H,13-17H2,1-4H3,(H2,26,27,28). The number of fused-ring (bicyclic) bond motifs is 1. The lowest BCUT2D eigenvalue weighted by Gasteiger charge is -2.28. The van der Waals surface area contributed by atoms with Crippen molar-refractivity contribution in [2.24, 2.45) is 4.99 Å². The lowest BCUT2D eigenvalue weighted by Crippen LogP contribution is -2.42. The van der Waals surface area contributed by atoms with Gasteiger partial charge in [-0.2, -0.15) is 0 Å². The highest BCUT2D eigenvalue weighted by atomic mass is 16.5. The molecular formula is C25H34N4O3. The number of nitrogens with one attached hydrogen (secondary N) is 2. The van der Waals surface area contributed by atoms with Crippen LogP contribution in [0.4, 0.5) is 0 Å². The Hall–Kier alpha value is -3.22.